The second-order valence-electron chi connectivity index (χ2n) is 7.49. The lowest BCUT2D eigenvalue weighted by molar-refractivity contribution is -0.136. The van der Waals surface area contributed by atoms with Gasteiger partial charge in [0, 0.05) is 42.7 Å². The van der Waals surface area contributed by atoms with Gasteiger partial charge in [-0.1, -0.05) is 49.9 Å². The van der Waals surface area contributed by atoms with Crippen molar-refractivity contribution in [2.75, 3.05) is 31.1 Å². The number of rotatable bonds is 7. The molecule has 1 aliphatic rings. The zero-order valence-electron chi connectivity index (χ0n) is 17.1. The van der Waals surface area contributed by atoms with Gasteiger partial charge in [0.25, 0.3) is 0 Å². The summed E-state index contributed by atoms with van der Waals surface area (Å²) >= 11 is 12.2. The highest BCUT2D eigenvalue weighted by molar-refractivity contribution is 6.36. The van der Waals surface area contributed by atoms with Gasteiger partial charge in [0.2, 0.25) is 5.91 Å². The molecule has 2 aromatic rings. The van der Waals surface area contributed by atoms with Crippen LogP contribution < -0.4 is 4.90 Å². The van der Waals surface area contributed by atoms with Gasteiger partial charge in [-0.05, 0) is 43.2 Å². The van der Waals surface area contributed by atoms with Crippen LogP contribution in [0.5, 0.6) is 0 Å². The predicted octanol–water partition coefficient (Wildman–Crippen LogP) is 5.32. The number of hydrogen-bond donors (Lipinski definition) is 0. The number of nitrogens with zero attached hydrogens (tertiary/aromatic N) is 4. The molecular weight excluding hydrogens is 407 g/mol. The molecule has 3 rings (SSSR count). The largest absolute Gasteiger partial charge is 0.352 e. The molecule has 0 unspecified atom stereocenters. The maximum absolute atomic E-state index is 12.8. The van der Waals surface area contributed by atoms with Gasteiger partial charge in [0.1, 0.15) is 0 Å². The van der Waals surface area contributed by atoms with Gasteiger partial charge in [0.15, 0.2) is 5.82 Å². The Morgan fingerprint density at radius 2 is 1.69 bits per heavy atom. The van der Waals surface area contributed by atoms with Crippen molar-refractivity contribution in [1.82, 2.24) is 15.1 Å². The molecule has 7 heteroatoms. The van der Waals surface area contributed by atoms with Gasteiger partial charge in [-0.25, -0.2) is 0 Å². The van der Waals surface area contributed by atoms with Crippen molar-refractivity contribution in [3.63, 3.8) is 0 Å². The highest BCUT2D eigenvalue weighted by Gasteiger charge is 2.27. The maximum Gasteiger partial charge on any atom is 0.225 e. The van der Waals surface area contributed by atoms with Crippen molar-refractivity contribution < 1.29 is 4.79 Å². The van der Waals surface area contributed by atoms with Gasteiger partial charge in [0.05, 0.1) is 10.7 Å². The van der Waals surface area contributed by atoms with E-state index in [0.717, 1.165) is 63.2 Å². The van der Waals surface area contributed by atoms with Crippen molar-refractivity contribution in [2.45, 2.75) is 39.5 Å². The van der Waals surface area contributed by atoms with E-state index < -0.39 is 0 Å². The van der Waals surface area contributed by atoms with E-state index in [0.29, 0.717) is 21.6 Å². The molecule has 0 bridgehead atoms. The summed E-state index contributed by atoms with van der Waals surface area (Å²) in [5, 5.41) is 9.88. The topological polar surface area (TPSA) is 49.3 Å². The third-order valence-corrected chi connectivity index (χ3v) is 5.94. The van der Waals surface area contributed by atoms with Gasteiger partial charge in [-0.2, -0.15) is 0 Å². The van der Waals surface area contributed by atoms with E-state index >= 15 is 0 Å². The molecule has 1 saturated heterocycles. The Kier molecular flexibility index (Phi) is 7.73. The molecule has 0 spiro atoms. The fourth-order valence-corrected chi connectivity index (χ4v) is 4.34. The molecule has 0 saturated carbocycles. The Morgan fingerprint density at radius 1 is 1.00 bits per heavy atom. The summed E-state index contributed by atoms with van der Waals surface area (Å²) < 4.78 is 0. The number of hydrogen-bond acceptors (Lipinski definition) is 4. The molecule has 2 heterocycles. The molecule has 1 amide bonds. The lowest BCUT2D eigenvalue weighted by atomic mass is 9.96. The van der Waals surface area contributed by atoms with Gasteiger partial charge in [-0.3, -0.25) is 4.79 Å². The Hall–Kier alpha value is -1.85. The molecule has 1 aromatic heterocycles. The highest BCUT2D eigenvalue weighted by Crippen LogP contribution is 2.29. The van der Waals surface area contributed by atoms with Crippen molar-refractivity contribution in [2.24, 2.45) is 5.92 Å². The van der Waals surface area contributed by atoms with E-state index in [1.807, 2.05) is 23.1 Å². The summed E-state index contributed by atoms with van der Waals surface area (Å²) in [6, 6.07) is 9.23. The number of aromatic nitrogens is 2. The summed E-state index contributed by atoms with van der Waals surface area (Å²) in [4.78, 5) is 17.0. The molecule has 0 aliphatic carbocycles. The Bertz CT molecular complexity index is 814. The molecular formula is C22H28Cl2N4O. The first-order valence-corrected chi connectivity index (χ1v) is 11.1. The number of carbonyl (C=O) groups is 1. The predicted molar refractivity (Wildman–Crippen MR) is 120 cm³/mol. The molecule has 1 fully saturated rings. The summed E-state index contributed by atoms with van der Waals surface area (Å²) in [6.07, 6.45) is 4.06. The number of carbonyl (C=O) groups excluding carboxylic acids is 1. The normalized spacial score (nSPS) is 14.5. The minimum Gasteiger partial charge on any atom is -0.352 e. The van der Waals surface area contributed by atoms with Crippen LogP contribution in [0.15, 0.2) is 30.3 Å². The number of benzene rings is 1. The number of amides is 1. The minimum atomic E-state index is 0.166. The van der Waals surface area contributed by atoms with Gasteiger partial charge >= 0.3 is 0 Å². The Labute approximate surface area is 183 Å². The summed E-state index contributed by atoms with van der Waals surface area (Å²) in [5.41, 5.74) is 1.52. The smallest absolute Gasteiger partial charge is 0.225 e. The van der Waals surface area contributed by atoms with Gasteiger partial charge < -0.3 is 9.80 Å². The lowest BCUT2D eigenvalue weighted by Crippen LogP contribution is -2.50. The quantitative estimate of drug-likeness (QED) is 0.591. The molecule has 0 radical (unpaired) electrons. The van der Waals surface area contributed by atoms with E-state index in [2.05, 4.69) is 28.9 Å². The maximum atomic E-state index is 12.8. The van der Waals surface area contributed by atoms with Crippen LogP contribution in [-0.4, -0.2) is 47.2 Å². The van der Waals surface area contributed by atoms with Crippen LogP contribution in [0.25, 0.3) is 11.3 Å². The van der Waals surface area contributed by atoms with Crippen LogP contribution in [0, 0.1) is 5.92 Å². The molecule has 156 valence electrons. The van der Waals surface area contributed by atoms with E-state index in [4.69, 9.17) is 23.2 Å². The molecule has 1 aromatic carbocycles. The molecule has 0 N–H and O–H groups in total. The first-order chi connectivity index (χ1) is 14.0. The summed E-state index contributed by atoms with van der Waals surface area (Å²) in [5.74, 6) is 1.30. The first kappa shape index (κ1) is 21.8. The summed E-state index contributed by atoms with van der Waals surface area (Å²) in [6.45, 7) is 7.30. The van der Waals surface area contributed by atoms with Crippen molar-refractivity contribution in [3.05, 3.63) is 40.4 Å². The standard InChI is InChI=1S/C22H28Cl2N4O/c1-3-5-16(6-4-2)22(29)28-13-11-27(12-14-28)21-10-9-20(25-26-21)18-8-7-17(23)15-19(18)24/h7-10,15-16H,3-6,11-14H2,1-2H3. The third kappa shape index (κ3) is 5.40. The van der Waals surface area contributed by atoms with Crippen LogP contribution >= 0.6 is 23.2 Å². The Morgan fingerprint density at radius 3 is 2.24 bits per heavy atom. The van der Waals surface area contributed by atoms with Crippen LogP contribution in [0.2, 0.25) is 10.0 Å². The minimum absolute atomic E-state index is 0.166. The SMILES string of the molecule is CCCC(CCC)C(=O)N1CCN(c2ccc(-c3ccc(Cl)cc3Cl)nn2)CC1. The molecule has 5 nitrogen and oxygen atoms in total. The number of piperazine rings is 1. The Balaban J connectivity index is 1.61. The zero-order valence-corrected chi connectivity index (χ0v) is 18.6. The van der Waals surface area contributed by atoms with E-state index in [1.54, 1.807) is 12.1 Å². The average Bonchev–Trinajstić information content (AvgIpc) is 2.73. The molecule has 1 aliphatic heterocycles. The first-order valence-electron chi connectivity index (χ1n) is 10.4. The zero-order chi connectivity index (χ0) is 20.8. The van der Waals surface area contributed by atoms with Crippen molar-refractivity contribution in [3.8, 4) is 11.3 Å². The van der Waals surface area contributed by atoms with E-state index in [-0.39, 0.29) is 5.92 Å². The van der Waals surface area contributed by atoms with E-state index in [1.165, 1.54) is 0 Å². The van der Waals surface area contributed by atoms with Gasteiger partial charge in [-0.15, -0.1) is 10.2 Å². The lowest BCUT2D eigenvalue weighted by Gasteiger charge is -2.36. The van der Waals surface area contributed by atoms with Crippen LogP contribution in [0.3, 0.4) is 0 Å². The van der Waals surface area contributed by atoms with Crippen molar-refractivity contribution in [1.29, 1.82) is 0 Å². The highest BCUT2D eigenvalue weighted by atomic mass is 35.5. The monoisotopic (exact) mass is 434 g/mol. The van der Waals surface area contributed by atoms with E-state index in [9.17, 15) is 4.79 Å². The van der Waals surface area contributed by atoms with Crippen LogP contribution in [0.1, 0.15) is 39.5 Å². The fourth-order valence-electron chi connectivity index (χ4n) is 3.84. The second kappa shape index (κ2) is 10.3. The summed E-state index contributed by atoms with van der Waals surface area (Å²) in [7, 11) is 0. The van der Waals surface area contributed by atoms with Crippen molar-refractivity contribution >= 4 is 34.9 Å². The average molecular weight is 435 g/mol. The number of anilines is 1. The second-order valence-corrected chi connectivity index (χ2v) is 8.33. The van der Waals surface area contributed by atoms with Crippen LogP contribution in [0.4, 0.5) is 5.82 Å². The third-order valence-electron chi connectivity index (χ3n) is 5.40. The molecule has 29 heavy (non-hydrogen) atoms. The fraction of sp³-hybridized carbons (Fsp3) is 0.500. The molecule has 0 atom stereocenters. The number of halogens is 2. The van der Waals surface area contributed by atoms with Crippen LogP contribution in [-0.2, 0) is 4.79 Å².